The highest BCUT2D eigenvalue weighted by atomic mass is 16.2. The Kier molecular flexibility index (Phi) is 5.80. The van der Waals surface area contributed by atoms with E-state index in [1.54, 1.807) is 0 Å². The van der Waals surface area contributed by atoms with Crippen molar-refractivity contribution in [2.75, 3.05) is 6.54 Å². The van der Waals surface area contributed by atoms with E-state index in [9.17, 15) is 4.79 Å². The first kappa shape index (κ1) is 16.0. The van der Waals surface area contributed by atoms with Crippen molar-refractivity contribution in [3.8, 4) is 0 Å². The normalized spacial score (nSPS) is 22.0. The second kappa shape index (κ2) is 7.60. The lowest BCUT2D eigenvalue weighted by Gasteiger charge is -2.30. The van der Waals surface area contributed by atoms with Crippen molar-refractivity contribution in [2.24, 2.45) is 11.7 Å². The topological polar surface area (TPSA) is 46.3 Å². The van der Waals surface area contributed by atoms with Gasteiger partial charge in [0.2, 0.25) is 5.91 Å². The molecule has 1 saturated carbocycles. The Labute approximate surface area is 128 Å². The van der Waals surface area contributed by atoms with Gasteiger partial charge < -0.3 is 10.6 Å². The van der Waals surface area contributed by atoms with Crippen molar-refractivity contribution < 1.29 is 4.79 Å². The minimum atomic E-state index is 0.208. The lowest BCUT2D eigenvalue weighted by molar-refractivity contribution is -0.133. The van der Waals surface area contributed by atoms with Gasteiger partial charge in [0.05, 0.1) is 0 Å². The molecular formula is C18H28N2O. The molecule has 1 aromatic rings. The summed E-state index contributed by atoms with van der Waals surface area (Å²) in [5.74, 6) is 0.625. The number of nitrogens with zero attached hydrogens (tertiary/aromatic N) is 1. The number of aryl methyl sites for hydroxylation is 1. The van der Waals surface area contributed by atoms with E-state index in [2.05, 4.69) is 26.0 Å². The number of benzene rings is 1. The Morgan fingerprint density at radius 2 is 2.00 bits per heavy atom. The van der Waals surface area contributed by atoms with Gasteiger partial charge in [-0.15, -0.1) is 0 Å². The smallest absolute Gasteiger partial charge is 0.223 e. The summed E-state index contributed by atoms with van der Waals surface area (Å²) in [5, 5.41) is 0. The van der Waals surface area contributed by atoms with Crippen LogP contribution in [0, 0.1) is 12.8 Å². The molecular weight excluding hydrogens is 260 g/mol. The monoisotopic (exact) mass is 288 g/mol. The molecule has 0 aliphatic heterocycles. The highest BCUT2D eigenvalue weighted by Gasteiger charge is 2.26. The fraction of sp³-hybridized carbons (Fsp3) is 0.611. The van der Waals surface area contributed by atoms with E-state index in [4.69, 9.17) is 5.73 Å². The SMILES string of the molecule is CCN(Cc1ccccc1C)C(=O)CC1CCCCC1N. The van der Waals surface area contributed by atoms with Crippen LogP contribution < -0.4 is 5.73 Å². The van der Waals surface area contributed by atoms with Crippen molar-refractivity contribution in [1.82, 2.24) is 4.90 Å². The Morgan fingerprint density at radius 1 is 1.29 bits per heavy atom. The van der Waals surface area contributed by atoms with Crippen molar-refractivity contribution in [3.63, 3.8) is 0 Å². The van der Waals surface area contributed by atoms with E-state index in [1.807, 2.05) is 17.0 Å². The number of carbonyl (C=O) groups excluding carboxylic acids is 1. The molecule has 2 unspecified atom stereocenters. The highest BCUT2D eigenvalue weighted by Crippen LogP contribution is 2.26. The Bertz CT molecular complexity index is 472. The van der Waals surface area contributed by atoms with E-state index in [1.165, 1.54) is 24.0 Å². The second-order valence-electron chi connectivity index (χ2n) is 6.25. The van der Waals surface area contributed by atoms with Crippen LogP contribution in [-0.4, -0.2) is 23.4 Å². The maximum atomic E-state index is 12.6. The van der Waals surface area contributed by atoms with Crippen molar-refractivity contribution >= 4 is 5.91 Å². The average Bonchev–Trinajstić information content (AvgIpc) is 2.48. The first-order valence-corrected chi connectivity index (χ1v) is 8.19. The zero-order valence-electron chi connectivity index (χ0n) is 13.3. The van der Waals surface area contributed by atoms with Crippen molar-refractivity contribution in [2.45, 2.75) is 58.5 Å². The van der Waals surface area contributed by atoms with Crippen LogP contribution in [-0.2, 0) is 11.3 Å². The van der Waals surface area contributed by atoms with Crippen LogP contribution in [0.1, 0.15) is 50.2 Å². The molecule has 0 spiro atoms. The summed E-state index contributed by atoms with van der Waals surface area (Å²) in [5.41, 5.74) is 8.66. The number of carbonyl (C=O) groups is 1. The van der Waals surface area contributed by atoms with E-state index in [0.717, 1.165) is 19.4 Å². The molecule has 116 valence electrons. The van der Waals surface area contributed by atoms with E-state index < -0.39 is 0 Å². The number of amides is 1. The molecule has 1 aromatic carbocycles. The number of hydrogen-bond donors (Lipinski definition) is 1. The Hall–Kier alpha value is -1.35. The van der Waals surface area contributed by atoms with Gasteiger partial charge in [-0.3, -0.25) is 4.79 Å². The third kappa shape index (κ3) is 4.31. The molecule has 1 aliphatic rings. The first-order chi connectivity index (χ1) is 10.1. The van der Waals surface area contributed by atoms with Crippen LogP contribution in [0.25, 0.3) is 0 Å². The molecule has 0 heterocycles. The maximum Gasteiger partial charge on any atom is 0.223 e. The molecule has 21 heavy (non-hydrogen) atoms. The molecule has 1 fully saturated rings. The number of nitrogens with two attached hydrogens (primary N) is 1. The van der Waals surface area contributed by atoms with Crippen molar-refractivity contribution in [3.05, 3.63) is 35.4 Å². The molecule has 1 aliphatic carbocycles. The third-order valence-corrected chi connectivity index (χ3v) is 4.76. The number of hydrogen-bond acceptors (Lipinski definition) is 2. The van der Waals surface area contributed by atoms with Gasteiger partial charge in [-0.2, -0.15) is 0 Å². The summed E-state index contributed by atoms with van der Waals surface area (Å²) in [6, 6.07) is 8.50. The summed E-state index contributed by atoms with van der Waals surface area (Å²) < 4.78 is 0. The molecule has 0 bridgehead atoms. The van der Waals surface area contributed by atoms with E-state index in [-0.39, 0.29) is 11.9 Å². The van der Waals surface area contributed by atoms with Crippen LogP contribution in [0.4, 0.5) is 0 Å². The minimum Gasteiger partial charge on any atom is -0.339 e. The fourth-order valence-electron chi connectivity index (χ4n) is 3.21. The molecule has 2 atom stereocenters. The van der Waals surface area contributed by atoms with Crippen LogP contribution in [0.2, 0.25) is 0 Å². The molecule has 0 radical (unpaired) electrons. The van der Waals surface area contributed by atoms with Gasteiger partial charge in [0, 0.05) is 25.6 Å². The molecule has 3 heteroatoms. The lowest BCUT2D eigenvalue weighted by atomic mass is 9.82. The average molecular weight is 288 g/mol. The van der Waals surface area contributed by atoms with Gasteiger partial charge in [-0.1, -0.05) is 37.1 Å². The fourth-order valence-corrected chi connectivity index (χ4v) is 3.21. The Balaban J connectivity index is 1.97. The minimum absolute atomic E-state index is 0.208. The van der Waals surface area contributed by atoms with Crippen LogP contribution >= 0.6 is 0 Å². The van der Waals surface area contributed by atoms with Gasteiger partial charge in [-0.05, 0) is 43.7 Å². The van der Waals surface area contributed by atoms with Crippen LogP contribution in [0.15, 0.2) is 24.3 Å². The van der Waals surface area contributed by atoms with Gasteiger partial charge >= 0.3 is 0 Å². The summed E-state index contributed by atoms with van der Waals surface area (Å²) in [6.45, 7) is 5.63. The summed E-state index contributed by atoms with van der Waals surface area (Å²) in [6.07, 6.45) is 5.22. The van der Waals surface area contributed by atoms with Crippen LogP contribution in [0.3, 0.4) is 0 Å². The van der Waals surface area contributed by atoms with Gasteiger partial charge in [-0.25, -0.2) is 0 Å². The largest absolute Gasteiger partial charge is 0.339 e. The van der Waals surface area contributed by atoms with Crippen molar-refractivity contribution in [1.29, 1.82) is 0 Å². The third-order valence-electron chi connectivity index (χ3n) is 4.76. The van der Waals surface area contributed by atoms with Gasteiger partial charge in [0.1, 0.15) is 0 Å². The molecule has 2 N–H and O–H groups in total. The number of rotatable bonds is 5. The first-order valence-electron chi connectivity index (χ1n) is 8.19. The standard InChI is InChI=1S/C18H28N2O/c1-3-20(13-16-10-5-4-8-14(16)2)18(21)12-15-9-6-7-11-17(15)19/h4-5,8,10,15,17H,3,6-7,9,11-13,19H2,1-2H3. The van der Waals surface area contributed by atoms with Gasteiger partial charge in [0.25, 0.3) is 0 Å². The molecule has 0 aromatic heterocycles. The van der Waals surface area contributed by atoms with E-state index in [0.29, 0.717) is 18.9 Å². The second-order valence-corrected chi connectivity index (χ2v) is 6.25. The zero-order valence-corrected chi connectivity index (χ0v) is 13.3. The highest BCUT2D eigenvalue weighted by molar-refractivity contribution is 5.76. The maximum absolute atomic E-state index is 12.6. The Morgan fingerprint density at radius 3 is 2.67 bits per heavy atom. The van der Waals surface area contributed by atoms with Gasteiger partial charge in [0.15, 0.2) is 0 Å². The predicted molar refractivity (Wildman–Crippen MR) is 86.8 cm³/mol. The molecule has 3 nitrogen and oxygen atoms in total. The zero-order chi connectivity index (χ0) is 15.2. The summed E-state index contributed by atoms with van der Waals surface area (Å²) >= 11 is 0. The molecule has 2 rings (SSSR count). The predicted octanol–water partition coefficient (Wildman–Crippen LogP) is 3.25. The van der Waals surface area contributed by atoms with Crippen LogP contribution in [0.5, 0.6) is 0 Å². The molecule has 0 saturated heterocycles. The summed E-state index contributed by atoms with van der Waals surface area (Å²) in [4.78, 5) is 14.5. The lowest BCUT2D eigenvalue weighted by Crippen LogP contribution is -2.38. The quantitative estimate of drug-likeness (QED) is 0.904. The summed E-state index contributed by atoms with van der Waals surface area (Å²) in [7, 11) is 0. The van der Waals surface area contributed by atoms with E-state index >= 15 is 0 Å². The molecule has 1 amide bonds.